The second-order valence-electron chi connectivity index (χ2n) is 4.60. The maximum Gasteiger partial charge on any atom is 0.155 e. The Morgan fingerprint density at radius 3 is 3.07 bits per heavy atom. The van der Waals surface area contributed by atoms with E-state index in [2.05, 4.69) is 6.08 Å². The van der Waals surface area contributed by atoms with Crippen molar-refractivity contribution in [3.63, 3.8) is 0 Å². The van der Waals surface area contributed by atoms with Crippen LogP contribution in [-0.4, -0.2) is 23.3 Å². The van der Waals surface area contributed by atoms with Crippen LogP contribution in [0.25, 0.3) is 0 Å². The molecule has 0 amide bonds. The summed E-state index contributed by atoms with van der Waals surface area (Å²) in [5.41, 5.74) is 0. The number of hydrogen-bond donors (Lipinski definition) is 1. The van der Waals surface area contributed by atoms with Crippen molar-refractivity contribution in [2.45, 2.75) is 31.7 Å². The standard InChI is InChI=1S/C11H14O3/c12-9-5-10-8-2-1-6(9)3-7(8)4-11(13)14-10/h1-2,6-8,10-11,13H,3-5H2/t6-,7-,8+,10-,11?/m1/s1. The number of aliphatic hydroxyl groups excluding tert-OH is 1. The Balaban J connectivity index is 1.97. The Morgan fingerprint density at radius 2 is 2.21 bits per heavy atom. The van der Waals surface area contributed by atoms with Gasteiger partial charge in [-0.2, -0.15) is 0 Å². The fraction of sp³-hybridized carbons (Fsp3) is 0.727. The van der Waals surface area contributed by atoms with Gasteiger partial charge in [0, 0.05) is 24.7 Å². The predicted molar refractivity (Wildman–Crippen MR) is 49.3 cm³/mol. The summed E-state index contributed by atoms with van der Waals surface area (Å²) < 4.78 is 5.42. The van der Waals surface area contributed by atoms with Gasteiger partial charge in [0.25, 0.3) is 0 Å². The Morgan fingerprint density at radius 1 is 1.36 bits per heavy atom. The smallest absolute Gasteiger partial charge is 0.155 e. The largest absolute Gasteiger partial charge is 0.368 e. The second kappa shape index (κ2) is 2.91. The molecule has 0 aromatic carbocycles. The van der Waals surface area contributed by atoms with Gasteiger partial charge in [-0.15, -0.1) is 0 Å². The molecule has 14 heavy (non-hydrogen) atoms. The molecule has 3 aliphatic carbocycles. The highest BCUT2D eigenvalue weighted by atomic mass is 16.6. The number of ketones is 1. The molecule has 1 aliphatic heterocycles. The predicted octanol–water partition coefficient (Wildman–Crippen LogP) is 0.875. The number of aliphatic hydroxyl groups is 1. The monoisotopic (exact) mass is 194 g/mol. The molecule has 1 heterocycles. The van der Waals surface area contributed by atoms with Crippen molar-refractivity contribution in [3.8, 4) is 0 Å². The van der Waals surface area contributed by atoms with Gasteiger partial charge in [-0.05, 0) is 12.3 Å². The van der Waals surface area contributed by atoms with Gasteiger partial charge in [0.15, 0.2) is 6.29 Å². The first-order valence-electron chi connectivity index (χ1n) is 5.28. The summed E-state index contributed by atoms with van der Waals surface area (Å²) in [5, 5.41) is 9.50. The zero-order chi connectivity index (χ0) is 9.71. The van der Waals surface area contributed by atoms with E-state index in [1.54, 1.807) is 0 Å². The van der Waals surface area contributed by atoms with Crippen LogP contribution in [0.1, 0.15) is 19.3 Å². The van der Waals surface area contributed by atoms with Gasteiger partial charge < -0.3 is 9.84 Å². The van der Waals surface area contributed by atoms with Crippen molar-refractivity contribution < 1.29 is 14.6 Å². The van der Waals surface area contributed by atoms with E-state index in [4.69, 9.17) is 4.74 Å². The average Bonchev–Trinajstić information content (AvgIpc) is 2.32. The van der Waals surface area contributed by atoms with Crippen LogP contribution >= 0.6 is 0 Å². The molecule has 1 N–H and O–H groups in total. The molecule has 5 atom stereocenters. The maximum atomic E-state index is 11.7. The molecular formula is C11H14O3. The van der Waals surface area contributed by atoms with E-state index < -0.39 is 6.29 Å². The lowest BCUT2D eigenvalue weighted by Crippen LogP contribution is -2.39. The summed E-state index contributed by atoms with van der Waals surface area (Å²) in [7, 11) is 0. The Labute approximate surface area is 82.8 Å². The maximum absolute atomic E-state index is 11.7. The zero-order valence-electron chi connectivity index (χ0n) is 7.93. The second-order valence-corrected chi connectivity index (χ2v) is 4.60. The molecular weight excluding hydrogens is 180 g/mol. The van der Waals surface area contributed by atoms with Crippen LogP contribution < -0.4 is 0 Å². The van der Waals surface area contributed by atoms with Gasteiger partial charge in [-0.25, -0.2) is 0 Å². The van der Waals surface area contributed by atoms with Gasteiger partial charge >= 0.3 is 0 Å². The molecule has 1 saturated carbocycles. The highest BCUT2D eigenvalue weighted by Gasteiger charge is 2.44. The summed E-state index contributed by atoms with van der Waals surface area (Å²) in [4.78, 5) is 11.7. The van der Waals surface area contributed by atoms with Crippen LogP contribution in [0, 0.1) is 17.8 Å². The summed E-state index contributed by atoms with van der Waals surface area (Å²) in [6, 6.07) is 0. The number of carbonyl (C=O) groups excluding carboxylic acids is 1. The Hall–Kier alpha value is -0.670. The van der Waals surface area contributed by atoms with Crippen LogP contribution in [0.4, 0.5) is 0 Å². The van der Waals surface area contributed by atoms with Crippen molar-refractivity contribution in [2.75, 3.05) is 0 Å². The van der Waals surface area contributed by atoms with Crippen molar-refractivity contribution in [1.82, 2.24) is 0 Å². The third kappa shape index (κ3) is 1.16. The first kappa shape index (κ1) is 8.62. The van der Waals surface area contributed by atoms with Gasteiger partial charge in [0.05, 0.1) is 6.10 Å². The van der Waals surface area contributed by atoms with Crippen LogP contribution in [0.15, 0.2) is 12.2 Å². The fourth-order valence-corrected chi connectivity index (χ4v) is 3.04. The van der Waals surface area contributed by atoms with E-state index in [1.807, 2.05) is 6.08 Å². The molecule has 1 unspecified atom stereocenters. The molecule has 0 aromatic heterocycles. The summed E-state index contributed by atoms with van der Waals surface area (Å²) >= 11 is 0. The van der Waals surface area contributed by atoms with Crippen molar-refractivity contribution in [3.05, 3.63) is 12.2 Å². The highest BCUT2D eigenvalue weighted by molar-refractivity contribution is 5.84. The van der Waals surface area contributed by atoms with E-state index >= 15 is 0 Å². The molecule has 76 valence electrons. The van der Waals surface area contributed by atoms with Gasteiger partial charge in [-0.3, -0.25) is 4.79 Å². The minimum absolute atomic E-state index is 0.0694. The first-order chi connectivity index (χ1) is 6.74. The van der Waals surface area contributed by atoms with Gasteiger partial charge in [-0.1, -0.05) is 12.2 Å². The molecule has 0 spiro atoms. The lowest BCUT2D eigenvalue weighted by Gasteiger charge is -2.38. The minimum Gasteiger partial charge on any atom is -0.368 e. The van der Waals surface area contributed by atoms with E-state index in [1.165, 1.54) is 0 Å². The quantitative estimate of drug-likeness (QED) is 0.582. The number of hydrogen-bond acceptors (Lipinski definition) is 3. The molecule has 3 nitrogen and oxygen atoms in total. The molecule has 4 rings (SSSR count). The molecule has 2 fully saturated rings. The molecule has 0 radical (unpaired) electrons. The number of ether oxygens (including phenoxy) is 1. The molecule has 4 bridgehead atoms. The van der Waals surface area contributed by atoms with Crippen molar-refractivity contribution in [1.29, 1.82) is 0 Å². The molecule has 4 aliphatic rings. The molecule has 3 heteroatoms. The van der Waals surface area contributed by atoms with Crippen LogP contribution in [0.5, 0.6) is 0 Å². The summed E-state index contributed by atoms with van der Waals surface area (Å²) in [6.07, 6.45) is 5.52. The van der Waals surface area contributed by atoms with Crippen molar-refractivity contribution >= 4 is 5.78 Å². The molecule has 1 saturated heterocycles. The number of Topliss-reactive ketones (excluding diaryl/α,β-unsaturated/α-hetero) is 1. The van der Waals surface area contributed by atoms with Gasteiger partial charge in [0.2, 0.25) is 0 Å². The van der Waals surface area contributed by atoms with Gasteiger partial charge in [0.1, 0.15) is 5.78 Å². The number of allylic oxidation sites excluding steroid dienone is 1. The topological polar surface area (TPSA) is 46.5 Å². The van der Waals surface area contributed by atoms with Crippen molar-refractivity contribution in [2.24, 2.45) is 17.8 Å². The first-order valence-corrected chi connectivity index (χ1v) is 5.28. The van der Waals surface area contributed by atoms with E-state index in [-0.39, 0.29) is 17.8 Å². The lowest BCUT2D eigenvalue weighted by molar-refractivity contribution is -0.191. The number of carbonyl (C=O) groups is 1. The summed E-state index contributed by atoms with van der Waals surface area (Å²) in [6.45, 7) is 0. The normalized spacial score (nSPS) is 50.6. The highest BCUT2D eigenvalue weighted by Crippen LogP contribution is 2.43. The van der Waals surface area contributed by atoms with E-state index in [0.717, 1.165) is 6.42 Å². The van der Waals surface area contributed by atoms with E-state index in [0.29, 0.717) is 24.7 Å². The van der Waals surface area contributed by atoms with E-state index in [9.17, 15) is 9.90 Å². The fourth-order valence-electron chi connectivity index (χ4n) is 3.04. The summed E-state index contributed by atoms with van der Waals surface area (Å²) in [5.74, 6) is 1.19. The Kier molecular flexibility index (Phi) is 1.79. The zero-order valence-corrected chi connectivity index (χ0v) is 7.93. The van der Waals surface area contributed by atoms with Crippen LogP contribution in [0.2, 0.25) is 0 Å². The van der Waals surface area contributed by atoms with Crippen LogP contribution in [-0.2, 0) is 9.53 Å². The third-order valence-corrected chi connectivity index (χ3v) is 3.75. The average molecular weight is 194 g/mol. The Bertz CT molecular complexity index is 297. The third-order valence-electron chi connectivity index (χ3n) is 3.75. The number of fused-ring (bicyclic) bond motifs is 1. The lowest BCUT2D eigenvalue weighted by atomic mass is 9.76. The number of rotatable bonds is 0. The minimum atomic E-state index is -0.653. The molecule has 0 aromatic rings. The SMILES string of the molecule is O=C1C[C@H]2OC(O)C[C@H]3C[C@H]1C=C[C@@H]32. The van der Waals surface area contributed by atoms with Crippen LogP contribution in [0.3, 0.4) is 0 Å².